The molecule has 180 valence electrons. The summed E-state index contributed by atoms with van der Waals surface area (Å²) in [6.07, 6.45) is 1.01. The minimum atomic E-state index is -0.673. The molecule has 1 aliphatic heterocycles. The lowest BCUT2D eigenvalue weighted by Gasteiger charge is -2.20. The molecule has 0 spiro atoms. The second kappa shape index (κ2) is 10.9. The van der Waals surface area contributed by atoms with E-state index in [9.17, 15) is 9.59 Å². The number of ether oxygens (including phenoxy) is 4. The molecule has 1 aliphatic rings. The molecule has 34 heavy (non-hydrogen) atoms. The van der Waals surface area contributed by atoms with E-state index >= 15 is 0 Å². The maximum Gasteiger partial charge on any atom is 0.363 e. The van der Waals surface area contributed by atoms with Gasteiger partial charge in [0.25, 0.3) is 5.91 Å². The molecule has 0 fully saturated rings. The third kappa shape index (κ3) is 6.15. The van der Waals surface area contributed by atoms with Crippen molar-refractivity contribution in [1.82, 2.24) is 4.90 Å². The molecule has 2 aromatic carbocycles. The minimum Gasteiger partial charge on any atom is -0.491 e. The highest BCUT2D eigenvalue weighted by Crippen LogP contribution is 2.31. The van der Waals surface area contributed by atoms with Crippen molar-refractivity contribution in [2.24, 2.45) is 4.99 Å². The predicted octanol–water partition coefficient (Wildman–Crippen LogP) is 4.07. The van der Waals surface area contributed by atoms with Gasteiger partial charge in [-0.05, 0) is 75.7 Å². The van der Waals surface area contributed by atoms with E-state index in [4.69, 9.17) is 18.9 Å². The molecule has 1 atom stereocenters. The van der Waals surface area contributed by atoms with Gasteiger partial charge >= 0.3 is 5.97 Å². The Morgan fingerprint density at radius 2 is 1.76 bits per heavy atom. The second-order valence-electron chi connectivity index (χ2n) is 8.16. The van der Waals surface area contributed by atoms with Crippen LogP contribution < -0.4 is 14.2 Å². The lowest BCUT2D eigenvalue weighted by molar-refractivity contribution is -0.135. The summed E-state index contributed by atoms with van der Waals surface area (Å²) in [5.74, 6) is 1.16. The van der Waals surface area contributed by atoms with Crippen molar-refractivity contribution in [2.75, 3.05) is 20.7 Å². The first-order valence-corrected chi connectivity index (χ1v) is 11.1. The van der Waals surface area contributed by atoms with Crippen LogP contribution in [0.1, 0.15) is 38.8 Å². The highest BCUT2D eigenvalue weighted by molar-refractivity contribution is 6.12. The van der Waals surface area contributed by atoms with Crippen molar-refractivity contribution in [1.29, 1.82) is 0 Å². The average Bonchev–Trinajstić information content (AvgIpc) is 3.15. The Hall–Kier alpha value is -3.81. The first kappa shape index (κ1) is 24.8. The number of hydrogen-bond acceptors (Lipinski definition) is 7. The Kier molecular flexibility index (Phi) is 7.94. The lowest BCUT2D eigenvalue weighted by Crippen LogP contribution is -2.35. The standard InChI is InChI=1S/C26H30N2O6/c1-7-31-23-15-18(8-13-22(23)33-17(4)25(29)28(5)6)14-21-26(30)34-24(27-21)19-9-11-20(12-10-19)32-16(2)3/h8-17H,7H2,1-6H3. The van der Waals surface area contributed by atoms with Gasteiger partial charge in [-0.1, -0.05) is 6.07 Å². The molecule has 8 nitrogen and oxygen atoms in total. The zero-order valence-electron chi connectivity index (χ0n) is 20.3. The molecule has 0 N–H and O–H groups in total. The van der Waals surface area contributed by atoms with Crippen molar-refractivity contribution in [3.63, 3.8) is 0 Å². The molecule has 2 aromatic rings. The van der Waals surface area contributed by atoms with Gasteiger partial charge in [-0.2, -0.15) is 0 Å². The molecule has 1 heterocycles. The van der Waals surface area contributed by atoms with E-state index in [1.807, 2.05) is 32.9 Å². The number of amides is 1. The van der Waals surface area contributed by atoms with Crippen LogP contribution in [0.2, 0.25) is 0 Å². The molecule has 0 saturated carbocycles. The normalized spacial score (nSPS) is 15.1. The number of hydrogen-bond donors (Lipinski definition) is 0. The largest absolute Gasteiger partial charge is 0.491 e. The van der Waals surface area contributed by atoms with Crippen LogP contribution in [0.25, 0.3) is 6.08 Å². The van der Waals surface area contributed by atoms with Crippen molar-refractivity contribution in [2.45, 2.75) is 39.9 Å². The molecule has 0 aromatic heterocycles. The number of carbonyl (C=O) groups is 2. The highest BCUT2D eigenvalue weighted by atomic mass is 16.6. The highest BCUT2D eigenvalue weighted by Gasteiger charge is 2.25. The number of likely N-dealkylation sites (N-methyl/N-ethyl adjacent to an activating group) is 1. The quantitative estimate of drug-likeness (QED) is 0.409. The number of aliphatic imine (C=N–C) groups is 1. The predicted molar refractivity (Wildman–Crippen MR) is 129 cm³/mol. The Morgan fingerprint density at radius 3 is 2.38 bits per heavy atom. The summed E-state index contributed by atoms with van der Waals surface area (Å²) in [6, 6.07) is 12.4. The van der Waals surface area contributed by atoms with Crippen LogP contribution in [0.5, 0.6) is 17.2 Å². The van der Waals surface area contributed by atoms with Crippen LogP contribution in [0, 0.1) is 0 Å². The lowest BCUT2D eigenvalue weighted by atomic mass is 10.1. The summed E-state index contributed by atoms with van der Waals surface area (Å²) in [5, 5.41) is 0. The first-order chi connectivity index (χ1) is 16.2. The van der Waals surface area contributed by atoms with E-state index in [0.717, 1.165) is 5.75 Å². The number of nitrogens with zero attached hydrogens (tertiary/aromatic N) is 2. The maximum atomic E-state index is 12.4. The molecular formula is C26H30N2O6. The van der Waals surface area contributed by atoms with Crippen LogP contribution in [-0.2, 0) is 14.3 Å². The van der Waals surface area contributed by atoms with Gasteiger partial charge in [-0.15, -0.1) is 0 Å². The zero-order chi connectivity index (χ0) is 24.8. The second-order valence-corrected chi connectivity index (χ2v) is 8.16. The van der Waals surface area contributed by atoms with Crippen LogP contribution in [0.4, 0.5) is 0 Å². The summed E-state index contributed by atoms with van der Waals surface area (Å²) >= 11 is 0. The number of cyclic esters (lactones) is 1. The van der Waals surface area contributed by atoms with Crippen molar-refractivity contribution >= 4 is 23.9 Å². The Bertz CT molecular complexity index is 1100. The van der Waals surface area contributed by atoms with E-state index in [-0.39, 0.29) is 23.6 Å². The number of benzene rings is 2. The molecule has 3 rings (SSSR count). The van der Waals surface area contributed by atoms with Gasteiger partial charge in [0.15, 0.2) is 23.3 Å². The van der Waals surface area contributed by atoms with Gasteiger partial charge in [0.05, 0.1) is 12.7 Å². The van der Waals surface area contributed by atoms with Crippen LogP contribution in [0.15, 0.2) is 53.2 Å². The van der Waals surface area contributed by atoms with Crippen LogP contribution in [0.3, 0.4) is 0 Å². The summed E-state index contributed by atoms with van der Waals surface area (Å²) in [6.45, 7) is 7.85. The van der Waals surface area contributed by atoms with Gasteiger partial charge in [0, 0.05) is 19.7 Å². The third-order valence-electron chi connectivity index (χ3n) is 4.76. The Morgan fingerprint density at radius 1 is 1.06 bits per heavy atom. The van der Waals surface area contributed by atoms with Gasteiger partial charge in [0.2, 0.25) is 5.90 Å². The fourth-order valence-corrected chi connectivity index (χ4v) is 3.22. The molecule has 0 radical (unpaired) electrons. The SMILES string of the molecule is CCOc1cc(C=C2N=C(c3ccc(OC(C)C)cc3)OC2=O)ccc1OC(C)C(=O)N(C)C. The number of rotatable bonds is 9. The molecule has 0 saturated heterocycles. The monoisotopic (exact) mass is 466 g/mol. The Balaban J connectivity index is 1.82. The van der Waals surface area contributed by atoms with E-state index in [2.05, 4.69) is 4.99 Å². The smallest absolute Gasteiger partial charge is 0.363 e. The fourth-order valence-electron chi connectivity index (χ4n) is 3.22. The molecule has 0 bridgehead atoms. The van der Waals surface area contributed by atoms with Gasteiger partial charge in [0.1, 0.15) is 5.75 Å². The van der Waals surface area contributed by atoms with Crippen molar-refractivity contribution in [3.05, 3.63) is 59.3 Å². The van der Waals surface area contributed by atoms with Gasteiger partial charge < -0.3 is 23.8 Å². The summed E-state index contributed by atoms with van der Waals surface area (Å²) in [5.41, 5.74) is 1.52. The van der Waals surface area contributed by atoms with Crippen molar-refractivity contribution in [3.8, 4) is 17.2 Å². The molecule has 1 unspecified atom stereocenters. The third-order valence-corrected chi connectivity index (χ3v) is 4.76. The number of esters is 1. The minimum absolute atomic E-state index is 0.0667. The molecule has 1 amide bonds. The average molecular weight is 467 g/mol. The molecular weight excluding hydrogens is 436 g/mol. The van der Waals surface area contributed by atoms with Crippen molar-refractivity contribution < 1.29 is 28.5 Å². The number of carbonyl (C=O) groups excluding carboxylic acids is 2. The topological polar surface area (TPSA) is 86.7 Å². The summed E-state index contributed by atoms with van der Waals surface area (Å²) < 4.78 is 22.5. The Labute approximate surface area is 199 Å². The summed E-state index contributed by atoms with van der Waals surface area (Å²) in [4.78, 5) is 30.4. The van der Waals surface area contributed by atoms with E-state index < -0.39 is 12.1 Å². The first-order valence-electron chi connectivity index (χ1n) is 11.1. The van der Waals surface area contributed by atoms with E-state index in [1.165, 1.54) is 4.90 Å². The van der Waals surface area contributed by atoms with Gasteiger partial charge in [-0.3, -0.25) is 4.79 Å². The van der Waals surface area contributed by atoms with Crippen LogP contribution in [-0.4, -0.2) is 55.6 Å². The fraction of sp³-hybridized carbons (Fsp3) is 0.346. The van der Waals surface area contributed by atoms with E-state index in [1.54, 1.807) is 57.4 Å². The zero-order valence-corrected chi connectivity index (χ0v) is 20.3. The van der Waals surface area contributed by atoms with E-state index in [0.29, 0.717) is 29.2 Å². The molecule has 8 heteroatoms. The maximum absolute atomic E-state index is 12.4. The van der Waals surface area contributed by atoms with Gasteiger partial charge in [-0.25, -0.2) is 9.79 Å². The van der Waals surface area contributed by atoms with Crippen LogP contribution >= 0.6 is 0 Å². The summed E-state index contributed by atoms with van der Waals surface area (Å²) in [7, 11) is 3.34. The molecule has 0 aliphatic carbocycles.